The fourth-order valence-electron chi connectivity index (χ4n) is 2.58. The number of rotatable bonds is 6. The topological polar surface area (TPSA) is 76.0 Å². The Labute approximate surface area is 166 Å². The standard InChI is InChI=1S/C21H20F2N4O2/c1-13-3-5-15(11-17(13)22)24-20(28)8-10-27-9-7-19(26-27)21(29)25-16-6-4-14(2)18(23)12-16/h3-7,9,11-12H,8,10H2,1-2H3,(H,24,28)(H,25,29). The van der Waals surface area contributed by atoms with E-state index >= 15 is 0 Å². The first-order chi connectivity index (χ1) is 13.8. The molecule has 8 heteroatoms. The number of aromatic nitrogens is 2. The predicted octanol–water partition coefficient (Wildman–Crippen LogP) is 4.06. The fraction of sp³-hybridized carbons (Fsp3) is 0.190. The summed E-state index contributed by atoms with van der Waals surface area (Å²) in [5.74, 6) is -1.58. The highest BCUT2D eigenvalue weighted by molar-refractivity contribution is 6.02. The first-order valence-corrected chi connectivity index (χ1v) is 8.99. The fourth-order valence-corrected chi connectivity index (χ4v) is 2.58. The maximum absolute atomic E-state index is 13.6. The van der Waals surface area contributed by atoms with Crippen LogP contribution in [0.4, 0.5) is 20.2 Å². The zero-order chi connectivity index (χ0) is 21.0. The number of hydrogen-bond donors (Lipinski definition) is 2. The molecule has 1 aromatic heterocycles. The van der Waals surface area contributed by atoms with Crippen LogP contribution in [0.15, 0.2) is 48.7 Å². The monoisotopic (exact) mass is 398 g/mol. The van der Waals surface area contributed by atoms with Crippen molar-refractivity contribution in [3.05, 3.63) is 77.1 Å². The number of hydrogen-bond acceptors (Lipinski definition) is 3. The average Bonchev–Trinajstić information content (AvgIpc) is 3.15. The molecule has 0 aliphatic rings. The molecule has 0 spiro atoms. The van der Waals surface area contributed by atoms with E-state index in [9.17, 15) is 18.4 Å². The van der Waals surface area contributed by atoms with E-state index in [4.69, 9.17) is 0 Å². The van der Waals surface area contributed by atoms with Crippen molar-refractivity contribution >= 4 is 23.2 Å². The molecule has 0 aliphatic heterocycles. The van der Waals surface area contributed by atoms with Gasteiger partial charge in [-0.25, -0.2) is 8.78 Å². The maximum Gasteiger partial charge on any atom is 0.276 e. The molecule has 29 heavy (non-hydrogen) atoms. The van der Waals surface area contributed by atoms with Crippen molar-refractivity contribution in [2.45, 2.75) is 26.8 Å². The predicted molar refractivity (Wildman–Crippen MR) is 106 cm³/mol. The van der Waals surface area contributed by atoms with E-state index in [1.165, 1.54) is 22.9 Å². The van der Waals surface area contributed by atoms with Gasteiger partial charge >= 0.3 is 0 Å². The highest BCUT2D eigenvalue weighted by atomic mass is 19.1. The van der Waals surface area contributed by atoms with Crippen LogP contribution in [-0.4, -0.2) is 21.6 Å². The van der Waals surface area contributed by atoms with Crippen molar-refractivity contribution in [3.63, 3.8) is 0 Å². The van der Waals surface area contributed by atoms with E-state index in [1.807, 2.05) is 0 Å². The molecule has 1 heterocycles. The molecule has 2 N–H and O–H groups in total. The Morgan fingerprint density at radius 3 is 2.10 bits per heavy atom. The molecule has 0 fully saturated rings. The summed E-state index contributed by atoms with van der Waals surface area (Å²) in [4.78, 5) is 24.3. The normalized spacial score (nSPS) is 10.6. The molecular weight excluding hydrogens is 378 g/mol. The lowest BCUT2D eigenvalue weighted by Crippen LogP contribution is -2.16. The summed E-state index contributed by atoms with van der Waals surface area (Å²) in [6.07, 6.45) is 1.67. The van der Waals surface area contributed by atoms with Gasteiger partial charge in [-0.1, -0.05) is 12.1 Å². The summed E-state index contributed by atoms with van der Waals surface area (Å²) < 4.78 is 28.6. The molecule has 0 saturated heterocycles. The van der Waals surface area contributed by atoms with Crippen molar-refractivity contribution in [1.82, 2.24) is 9.78 Å². The van der Waals surface area contributed by atoms with Crippen molar-refractivity contribution in [2.24, 2.45) is 0 Å². The second-order valence-electron chi connectivity index (χ2n) is 6.64. The summed E-state index contributed by atoms with van der Waals surface area (Å²) in [5, 5.41) is 9.32. The minimum absolute atomic E-state index is 0.0986. The minimum atomic E-state index is -0.480. The number of halogens is 2. The van der Waals surface area contributed by atoms with Gasteiger partial charge in [0.25, 0.3) is 5.91 Å². The molecule has 0 atom stereocenters. The number of carbonyl (C=O) groups excluding carboxylic acids is 2. The average molecular weight is 398 g/mol. The molecule has 150 valence electrons. The van der Waals surface area contributed by atoms with Crippen LogP contribution < -0.4 is 10.6 Å². The van der Waals surface area contributed by atoms with E-state index in [1.54, 1.807) is 44.3 Å². The van der Waals surface area contributed by atoms with Gasteiger partial charge in [0.05, 0.1) is 0 Å². The SMILES string of the molecule is Cc1ccc(NC(=O)CCn2ccc(C(=O)Nc3ccc(C)c(F)c3)n2)cc1F. The third kappa shape index (κ3) is 5.25. The third-order valence-corrected chi connectivity index (χ3v) is 4.33. The molecule has 2 aromatic carbocycles. The molecule has 0 radical (unpaired) electrons. The Kier molecular flexibility index (Phi) is 6.01. The van der Waals surface area contributed by atoms with E-state index in [-0.39, 0.29) is 30.4 Å². The van der Waals surface area contributed by atoms with Gasteiger partial charge in [0.15, 0.2) is 5.69 Å². The lowest BCUT2D eigenvalue weighted by Gasteiger charge is -2.07. The molecular formula is C21H20F2N4O2. The van der Waals surface area contributed by atoms with Gasteiger partial charge < -0.3 is 10.6 Å². The van der Waals surface area contributed by atoms with Crippen molar-refractivity contribution in [2.75, 3.05) is 10.6 Å². The molecule has 0 aliphatic carbocycles. The van der Waals surface area contributed by atoms with E-state index < -0.39 is 11.7 Å². The maximum atomic E-state index is 13.6. The lowest BCUT2D eigenvalue weighted by molar-refractivity contribution is -0.116. The minimum Gasteiger partial charge on any atom is -0.326 e. The molecule has 0 saturated carbocycles. The van der Waals surface area contributed by atoms with E-state index in [2.05, 4.69) is 15.7 Å². The molecule has 3 rings (SSSR count). The number of carbonyl (C=O) groups is 2. The number of aryl methyl sites for hydroxylation is 3. The van der Waals surface area contributed by atoms with Crippen LogP contribution in [0.25, 0.3) is 0 Å². The Morgan fingerprint density at radius 2 is 1.52 bits per heavy atom. The number of amides is 2. The number of nitrogens with zero attached hydrogens (tertiary/aromatic N) is 2. The molecule has 3 aromatic rings. The summed E-state index contributed by atoms with van der Waals surface area (Å²) in [7, 11) is 0. The lowest BCUT2D eigenvalue weighted by atomic mass is 10.2. The van der Waals surface area contributed by atoms with Crippen LogP contribution in [0.3, 0.4) is 0 Å². The Morgan fingerprint density at radius 1 is 0.931 bits per heavy atom. The highest BCUT2D eigenvalue weighted by Crippen LogP contribution is 2.15. The van der Waals surface area contributed by atoms with Gasteiger partial charge in [-0.3, -0.25) is 14.3 Å². The smallest absolute Gasteiger partial charge is 0.276 e. The highest BCUT2D eigenvalue weighted by Gasteiger charge is 2.12. The van der Waals surface area contributed by atoms with Crippen molar-refractivity contribution in [1.29, 1.82) is 0 Å². The number of anilines is 2. The zero-order valence-electron chi connectivity index (χ0n) is 16.0. The first-order valence-electron chi connectivity index (χ1n) is 8.99. The Balaban J connectivity index is 1.54. The van der Waals surface area contributed by atoms with Gasteiger partial charge in [0, 0.05) is 30.5 Å². The van der Waals surface area contributed by atoms with Crippen LogP contribution in [0.2, 0.25) is 0 Å². The van der Waals surface area contributed by atoms with Crippen molar-refractivity contribution < 1.29 is 18.4 Å². The molecule has 0 bridgehead atoms. The van der Waals surface area contributed by atoms with Crippen LogP contribution >= 0.6 is 0 Å². The first kappa shape index (κ1) is 20.2. The van der Waals surface area contributed by atoms with E-state index in [0.717, 1.165) is 0 Å². The Hall–Kier alpha value is -3.55. The van der Waals surface area contributed by atoms with Crippen LogP contribution in [0.1, 0.15) is 28.0 Å². The second kappa shape index (κ2) is 8.64. The van der Waals surface area contributed by atoms with Gasteiger partial charge in [0.2, 0.25) is 5.91 Å². The zero-order valence-corrected chi connectivity index (χ0v) is 16.0. The van der Waals surface area contributed by atoms with Crippen molar-refractivity contribution in [3.8, 4) is 0 Å². The van der Waals surface area contributed by atoms with E-state index in [0.29, 0.717) is 22.5 Å². The van der Waals surface area contributed by atoms with Gasteiger partial charge in [-0.2, -0.15) is 5.10 Å². The summed E-state index contributed by atoms with van der Waals surface area (Å²) >= 11 is 0. The summed E-state index contributed by atoms with van der Waals surface area (Å²) in [5.41, 5.74) is 1.84. The summed E-state index contributed by atoms with van der Waals surface area (Å²) in [6, 6.07) is 10.4. The van der Waals surface area contributed by atoms with Gasteiger partial charge in [0.1, 0.15) is 11.6 Å². The quantitative estimate of drug-likeness (QED) is 0.658. The largest absolute Gasteiger partial charge is 0.326 e. The van der Waals surface area contributed by atoms with Gasteiger partial charge in [-0.05, 0) is 55.3 Å². The molecule has 2 amide bonds. The second-order valence-corrected chi connectivity index (χ2v) is 6.64. The summed E-state index contributed by atoms with van der Waals surface area (Å²) in [6.45, 7) is 3.52. The molecule has 0 unspecified atom stereocenters. The van der Waals surface area contributed by atoms with Gasteiger partial charge in [-0.15, -0.1) is 0 Å². The van der Waals surface area contributed by atoms with Crippen LogP contribution in [0.5, 0.6) is 0 Å². The molecule has 6 nitrogen and oxygen atoms in total. The Bertz CT molecular complexity index is 1060. The van der Waals surface area contributed by atoms with Crippen LogP contribution in [-0.2, 0) is 11.3 Å². The van der Waals surface area contributed by atoms with Crippen LogP contribution in [0, 0.1) is 25.5 Å². The number of benzene rings is 2. The third-order valence-electron chi connectivity index (χ3n) is 4.33. The number of nitrogens with one attached hydrogen (secondary N) is 2.